The molecule has 0 heterocycles. The van der Waals surface area contributed by atoms with Crippen LogP contribution in [0.4, 0.5) is 23.2 Å². The van der Waals surface area contributed by atoms with E-state index in [2.05, 4.69) is 5.32 Å². The fourth-order valence-electron chi connectivity index (χ4n) is 1.70. The summed E-state index contributed by atoms with van der Waals surface area (Å²) in [6.07, 6.45) is 0. The number of halogens is 4. The Morgan fingerprint density at radius 3 is 2.25 bits per heavy atom. The SMILES string of the molecule is COc1cccc(CNc2c(F)c(F)cc(F)c2F)c1. The minimum Gasteiger partial charge on any atom is -0.497 e. The fraction of sp³-hybridized carbons (Fsp3) is 0.143. The van der Waals surface area contributed by atoms with Crippen molar-refractivity contribution in [3.05, 3.63) is 59.2 Å². The number of ether oxygens (including phenoxy) is 1. The van der Waals surface area contributed by atoms with E-state index in [1.807, 2.05) is 0 Å². The lowest BCUT2D eigenvalue weighted by molar-refractivity contribution is 0.414. The summed E-state index contributed by atoms with van der Waals surface area (Å²) in [5.74, 6) is -5.23. The van der Waals surface area contributed by atoms with Crippen LogP contribution in [-0.2, 0) is 6.54 Å². The van der Waals surface area contributed by atoms with Crippen LogP contribution < -0.4 is 10.1 Å². The van der Waals surface area contributed by atoms with Gasteiger partial charge in [-0.15, -0.1) is 0 Å². The van der Waals surface area contributed by atoms with Gasteiger partial charge in [0, 0.05) is 12.6 Å². The number of benzene rings is 2. The van der Waals surface area contributed by atoms with Crippen LogP contribution >= 0.6 is 0 Å². The summed E-state index contributed by atoms with van der Waals surface area (Å²) in [5, 5.41) is 2.34. The molecule has 6 heteroatoms. The standard InChI is InChI=1S/C14H11F4NO/c1-20-9-4-2-3-8(5-9)7-19-14-12(17)10(15)6-11(16)13(14)18/h2-6,19H,7H2,1H3. The van der Waals surface area contributed by atoms with Crippen LogP contribution in [0.2, 0.25) is 0 Å². The third-order valence-electron chi connectivity index (χ3n) is 2.72. The van der Waals surface area contributed by atoms with Crippen LogP contribution in [0.5, 0.6) is 5.75 Å². The van der Waals surface area contributed by atoms with Crippen molar-refractivity contribution in [1.29, 1.82) is 0 Å². The highest BCUT2D eigenvalue weighted by Gasteiger charge is 2.18. The van der Waals surface area contributed by atoms with Crippen LogP contribution in [0.25, 0.3) is 0 Å². The van der Waals surface area contributed by atoms with Gasteiger partial charge in [-0.2, -0.15) is 0 Å². The first kappa shape index (κ1) is 14.2. The first-order chi connectivity index (χ1) is 9.52. The molecule has 2 rings (SSSR count). The van der Waals surface area contributed by atoms with Gasteiger partial charge < -0.3 is 10.1 Å². The van der Waals surface area contributed by atoms with Gasteiger partial charge in [0.15, 0.2) is 23.3 Å². The van der Waals surface area contributed by atoms with Gasteiger partial charge in [-0.3, -0.25) is 0 Å². The first-order valence-corrected chi connectivity index (χ1v) is 5.72. The largest absolute Gasteiger partial charge is 0.497 e. The van der Waals surface area contributed by atoms with Crippen molar-refractivity contribution in [1.82, 2.24) is 0 Å². The zero-order valence-corrected chi connectivity index (χ0v) is 10.5. The molecule has 2 aromatic rings. The molecule has 1 N–H and O–H groups in total. The highest BCUT2D eigenvalue weighted by Crippen LogP contribution is 2.25. The van der Waals surface area contributed by atoms with Gasteiger partial charge in [0.2, 0.25) is 0 Å². The molecule has 0 bridgehead atoms. The van der Waals surface area contributed by atoms with Gasteiger partial charge in [0.25, 0.3) is 0 Å². The van der Waals surface area contributed by atoms with E-state index in [4.69, 9.17) is 4.74 Å². The Labute approximate surface area is 113 Å². The number of methoxy groups -OCH3 is 1. The number of nitrogens with one attached hydrogen (secondary N) is 1. The molecule has 2 aromatic carbocycles. The molecular formula is C14H11F4NO. The first-order valence-electron chi connectivity index (χ1n) is 5.72. The minimum atomic E-state index is -1.45. The van der Waals surface area contributed by atoms with Crippen molar-refractivity contribution in [2.75, 3.05) is 12.4 Å². The summed E-state index contributed by atoms with van der Waals surface area (Å²) in [4.78, 5) is 0. The number of hydrogen-bond donors (Lipinski definition) is 1. The molecule has 0 spiro atoms. The van der Waals surface area contributed by atoms with Crippen LogP contribution in [-0.4, -0.2) is 7.11 Å². The Bertz CT molecular complexity index is 605. The zero-order chi connectivity index (χ0) is 14.7. The molecule has 0 unspecified atom stereocenters. The number of rotatable bonds is 4. The minimum absolute atomic E-state index is 0.00602. The summed E-state index contributed by atoms with van der Waals surface area (Å²) in [6, 6.07) is 6.88. The molecule has 0 fully saturated rings. The van der Waals surface area contributed by atoms with E-state index in [1.54, 1.807) is 24.3 Å². The van der Waals surface area contributed by atoms with Crippen LogP contribution in [0.15, 0.2) is 30.3 Å². The second-order valence-corrected chi connectivity index (χ2v) is 4.05. The lowest BCUT2D eigenvalue weighted by Crippen LogP contribution is -2.07. The van der Waals surface area contributed by atoms with Gasteiger partial charge in [0.1, 0.15) is 11.4 Å². The van der Waals surface area contributed by atoms with Crippen molar-refractivity contribution in [3.8, 4) is 5.75 Å². The smallest absolute Gasteiger partial charge is 0.185 e. The Morgan fingerprint density at radius 1 is 1.00 bits per heavy atom. The van der Waals surface area contributed by atoms with Gasteiger partial charge >= 0.3 is 0 Å². The molecule has 0 aliphatic heterocycles. The maximum absolute atomic E-state index is 13.4. The van der Waals surface area contributed by atoms with E-state index in [0.717, 1.165) is 0 Å². The summed E-state index contributed by atoms with van der Waals surface area (Å²) in [6.45, 7) is -0.00602. The molecular weight excluding hydrogens is 274 g/mol. The molecule has 20 heavy (non-hydrogen) atoms. The van der Waals surface area contributed by atoms with Crippen molar-refractivity contribution >= 4 is 5.69 Å². The maximum Gasteiger partial charge on any atom is 0.185 e. The Balaban J connectivity index is 2.22. The van der Waals surface area contributed by atoms with Crippen molar-refractivity contribution in [3.63, 3.8) is 0 Å². The second-order valence-electron chi connectivity index (χ2n) is 4.05. The third-order valence-corrected chi connectivity index (χ3v) is 2.72. The Kier molecular flexibility index (Phi) is 4.12. The normalized spacial score (nSPS) is 10.4. The molecule has 0 atom stereocenters. The molecule has 0 aromatic heterocycles. The van der Waals surface area contributed by atoms with Crippen molar-refractivity contribution < 1.29 is 22.3 Å². The molecule has 0 saturated carbocycles. The predicted molar refractivity (Wildman–Crippen MR) is 66.6 cm³/mol. The summed E-state index contributed by atoms with van der Waals surface area (Å²) >= 11 is 0. The molecule has 0 aliphatic rings. The highest BCUT2D eigenvalue weighted by atomic mass is 19.2. The fourth-order valence-corrected chi connectivity index (χ4v) is 1.70. The zero-order valence-electron chi connectivity index (χ0n) is 10.5. The molecule has 0 radical (unpaired) electrons. The van der Waals surface area contributed by atoms with E-state index < -0.39 is 29.0 Å². The van der Waals surface area contributed by atoms with E-state index >= 15 is 0 Å². The van der Waals surface area contributed by atoms with Crippen LogP contribution in [0.1, 0.15) is 5.56 Å². The Morgan fingerprint density at radius 2 is 1.65 bits per heavy atom. The van der Waals surface area contributed by atoms with Crippen LogP contribution in [0.3, 0.4) is 0 Å². The van der Waals surface area contributed by atoms with E-state index in [9.17, 15) is 17.6 Å². The topological polar surface area (TPSA) is 21.3 Å². The van der Waals surface area contributed by atoms with Crippen LogP contribution in [0, 0.1) is 23.3 Å². The average Bonchev–Trinajstić information content (AvgIpc) is 2.45. The van der Waals surface area contributed by atoms with E-state index in [1.165, 1.54) is 7.11 Å². The quantitative estimate of drug-likeness (QED) is 0.680. The van der Waals surface area contributed by atoms with Crippen molar-refractivity contribution in [2.45, 2.75) is 6.54 Å². The monoisotopic (exact) mass is 285 g/mol. The lowest BCUT2D eigenvalue weighted by Gasteiger charge is -2.10. The van der Waals surface area contributed by atoms with E-state index in [-0.39, 0.29) is 12.6 Å². The molecule has 2 nitrogen and oxygen atoms in total. The molecule has 106 valence electrons. The summed E-state index contributed by atoms with van der Waals surface area (Å²) in [7, 11) is 1.48. The Hall–Kier alpha value is -2.24. The molecule has 0 aliphatic carbocycles. The number of hydrogen-bond acceptors (Lipinski definition) is 2. The highest BCUT2D eigenvalue weighted by molar-refractivity contribution is 5.48. The van der Waals surface area contributed by atoms with Gasteiger partial charge in [-0.05, 0) is 17.7 Å². The number of anilines is 1. The lowest BCUT2D eigenvalue weighted by atomic mass is 10.2. The van der Waals surface area contributed by atoms with Crippen molar-refractivity contribution in [2.24, 2.45) is 0 Å². The summed E-state index contributed by atoms with van der Waals surface area (Å²) < 4.78 is 57.9. The third kappa shape index (κ3) is 2.84. The average molecular weight is 285 g/mol. The maximum atomic E-state index is 13.4. The van der Waals surface area contributed by atoms with Gasteiger partial charge in [-0.25, -0.2) is 17.6 Å². The molecule has 0 saturated heterocycles. The van der Waals surface area contributed by atoms with Gasteiger partial charge in [-0.1, -0.05) is 12.1 Å². The van der Waals surface area contributed by atoms with E-state index in [0.29, 0.717) is 11.3 Å². The summed E-state index contributed by atoms with van der Waals surface area (Å²) in [5.41, 5.74) is -0.182. The van der Waals surface area contributed by atoms with Gasteiger partial charge in [0.05, 0.1) is 7.11 Å². The second kappa shape index (κ2) is 5.81. The predicted octanol–water partition coefficient (Wildman–Crippen LogP) is 3.86. The molecule has 0 amide bonds.